The molecule has 0 saturated carbocycles. The molecule has 1 heterocycles. The molecule has 0 aliphatic heterocycles. The van der Waals surface area contributed by atoms with Crippen molar-refractivity contribution in [3.8, 4) is 0 Å². The van der Waals surface area contributed by atoms with Crippen molar-refractivity contribution in [3.63, 3.8) is 0 Å². The van der Waals surface area contributed by atoms with Gasteiger partial charge in [0.05, 0.1) is 13.7 Å². The van der Waals surface area contributed by atoms with Gasteiger partial charge < -0.3 is 0 Å². The lowest BCUT2D eigenvalue weighted by Gasteiger charge is -2.18. The summed E-state index contributed by atoms with van der Waals surface area (Å²) in [6.45, 7) is 0.474. The maximum absolute atomic E-state index is 12.1. The van der Waals surface area contributed by atoms with E-state index >= 15 is 0 Å². The second kappa shape index (κ2) is 5.61. The van der Waals surface area contributed by atoms with Crippen LogP contribution in [-0.2, 0) is 11.4 Å². The van der Waals surface area contributed by atoms with Crippen LogP contribution in [0.15, 0.2) is 47.8 Å². The number of benzene rings is 1. The third kappa shape index (κ3) is 2.93. The topological polar surface area (TPSA) is 29.5 Å². The Morgan fingerprint density at radius 1 is 1.24 bits per heavy atom. The summed E-state index contributed by atoms with van der Waals surface area (Å²) in [5, 5.41) is 3.34. The van der Waals surface area contributed by atoms with Gasteiger partial charge in [-0.1, -0.05) is 24.3 Å². The molecule has 0 spiro atoms. The fourth-order valence-corrected chi connectivity index (χ4v) is 2.17. The van der Waals surface area contributed by atoms with Gasteiger partial charge in [-0.25, -0.2) is 5.06 Å². The van der Waals surface area contributed by atoms with Gasteiger partial charge in [-0.2, -0.15) is 0 Å². The molecule has 2 aromatic rings. The summed E-state index contributed by atoms with van der Waals surface area (Å²) in [5.74, 6) is -0.124. The summed E-state index contributed by atoms with van der Waals surface area (Å²) >= 11 is 1.61. The van der Waals surface area contributed by atoms with Crippen molar-refractivity contribution >= 4 is 17.2 Å². The highest BCUT2D eigenvalue weighted by atomic mass is 32.1. The van der Waals surface area contributed by atoms with Crippen LogP contribution in [0.1, 0.15) is 15.2 Å². The molecule has 0 aliphatic rings. The normalized spacial score (nSPS) is 10.2. The number of amides is 1. The highest BCUT2D eigenvalue weighted by Gasteiger charge is 2.15. The van der Waals surface area contributed by atoms with E-state index in [1.54, 1.807) is 23.5 Å². The van der Waals surface area contributed by atoms with Crippen LogP contribution in [0.4, 0.5) is 0 Å². The summed E-state index contributed by atoms with van der Waals surface area (Å²) < 4.78 is 0. The number of hydrogen-bond donors (Lipinski definition) is 0. The SMILES string of the molecule is CON(Cc1cccs1)C(=O)c1ccccc1. The second-order valence-electron chi connectivity index (χ2n) is 3.47. The molecule has 0 fully saturated rings. The maximum Gasteiger partial charge on any atom is 0.277 e. The quantitative estimate of drug-likeness (QED) is 0.777. The summed E-state index contributed by atoms with van der Waals surface area (Å²) in [4.78, 5) is 18.3. The van der Waals surface area contributed by atoms with Crippen molar-refractivity contribution in [2.75, 3.05) is 7.11 Å². The first kappa shape index (κ1) is 11.8. The molecule has 0 saturated heterocycles. The fraction of sp³-hybridized carbons (Fsp3) is 0.154. The van der Waals surface area contributed by atoms with Crippen LogP contribution in [0.5, 0.6) is 0 Å². The van der Waals surface area contributed by atoms with Crippen molar-refractivity contribution in [2.24, 2.45) is 0 Å². The molecule has 0 atom stereocenters. The largest absolute Gasteiger partial charge is 0.277 e. The number of hydroxylamine groups is 2. The van der Waals surface area contributed by atoms with E-state index in [1.807, 2.05) is 35.7 Å². The molecule has 17 heavy (non-hydrogen) atoms. The minimum atomic E-state index is -0.124. The van der Waals surface area contributed by atoms with Gasteiger partial charge in [0.1, 0.15) is 0 Å². The van der Waals surface area contributed by atoms with Gasteiger partial charge >= 0.3 is 0 Å². The lowest BCUT2D eigenvalue weighted by Crippen LogP contribution is -2.29. The van der Waals surface area contributed by atoms with Crippen LogP contribution < -0.4 is 0 Å². The zero-order valence-corrected chi connectivity index (χ0v) is 10.3. The Hall–Kier alpha value is -1.65. The van der Waals surface area contributed by atoms with E-state index in [0.29, 0.717) is 12.1 Å². The first-order valence-corrected chi connectivity index (χ1v) is 6.12. The minimum absolute atomic E-state index is 0.124. The first-order chi connectivity index (χ1) is 8.31. The Morgan fingerprint density at radius 2 is 2.00 bits per heavy atom. The first-order valence-electron chi connectivity index (χ1n) is 5.24. The third-order valence-electron chi connectivity index (χ3n) is 2.35. The molecule has 2 rings (SSSR count). The Kier molecular flexibility index (Phi) is 3.90. The zero-order chi connectivity index (χ0) is 12.1. The number of thiophene rings is 1. The van der Waals surface area contributed by atoms with Crippen molar-refractivity contribution in [1.29, 1.82) is 0 Å². The molecular formula is C13H13NO2S. The van der Waals surface area contributed by atoms with E-state index in [-0.39, 0.29) is 5.91 Å². The van der Waals surface area contributed by atoms with Gasteiger partial charge in [-0.05, 0) is 23.6 Å². The van der Waals surface area contributed by atoms with Gasteiger partial charge in [0.15, 0.2) is 0 Å². The average Bonchev–Trinajstić information content (AvgIpc) is 2.89. The molecular weight excluding hydrogens is 234 g/mol. The fourth-order valence-electron chi connectivity index (χ4n) is 1.49. The summed E-state index contributed by atoms with van der Waals surface area (Å²) in [6, 6.07) is 13.1. The average molecular weight is 247 g/mol. The molecule has 0 N–H and O–H groups in total. The van der Waals surface area contributed by atoms with Crippen LogP contribution in [0.3, 0.4) is 0 Å². The number of rotatable bonds is 4. The highest BCUT2D eigenvalue weighted by Crippen LogP contribution is 2.14. The van der Waals surface area contributed by atoms with Gasteiger partial charge in [0.2, 0.25) is 0 Å². The van der Waals surface area contributed by atoms with Gasteiger partial charge in [0.25, 0.3) is 5.91 Å². The molecule has 0 radical (unpaired) electrons. The molecule has 0 aliphatic carbocycles. The molecule has 1 aromatic heterocycles. The van der Waals surface area contributed by atoms with Crippen LogP contribution in [-0.4, -0.2) is 18.1 Å². The minimum Gasteiger partial charge on any atom is -0.274 e. The smallest absolute Gasteiger partial charge is 0.274 e. The monoisotopic (exact) mass is 247 g/mol. The second-order valence-corrected chi connectivity index (χ2v) is 4.50. The molecule has 4 heteroatoms. The van der Waals surface area contributed by atoms with Crippen molar-refractivity contribution < 1.29 is 9.63 Å². The molecule has 0 unspecified atom stereocenters. The Bertz CT molecular complexity index is 467. The van der Waals surface area contributed by atoms with Crippen molar-refractivity contribution in [2.45, 2.75) is 6.54 Å². The number of nitrogens with zero attached hydrogens (tertiary/aromatic N) is 1. The Morgan fingerprint density at radius 3 is 2.59 bits per heavy atom. The summed E-state index contributed by atoms with van der Waals surface area (Å²) in [7, 11) is 1.51. The predicted octanol–water partition coefficient (Wildman–Crippen LogP) is 2.95. The van der Waals surface area contributed by atoms with E-state index in [0.717, 1.165) is 4.88 Å². The van der Waals surface area contributed by atoms with Crippen LogP contribution in [0, 0.1) is 0 Å². The van der Waals surface area contributed by atoms with Crippen LogP contribution in [0.2, 0.25) is 0 Å². The van der Waals surface area contributed by atoms with Crippen molar-refractivity contribution in [3.05, 3.63) is 58.3 Å². The van der Waals surface area contributed by atoms with Gasteiger partial charge in [-0.15, -0.1) is 11.3 Å². The zero-order valence-electron chi connectivity index (χ0n) is 9.50. The predicted molar refractivity (Wildman–Crippen MR) is 67.6 cm³/mol. The Labute approximate surface area is 104 Å². The maximum atomic E-state index is 12.1. The molecule has 3 nitrogen and oxygen atoms in total. The van der Waals surface area contributed by atoms with E-state index in [4.69, 9.17) is 4.84 Å². The highest BCUT2D eigenvalue weighted by molar-refractivity contribution is 7.09. The van der Waals surface area contributed by atoms with E-state index < -0.39 is 0 Å². The molecule has 1 aromatic carbocycles. The lowest BCUT2D eigenvalue weighted by molar-refractivity contribution is -0.101. The van der Waals surface area contributed by atoms with Crippen LogP contribution in [0.25, 0.3) is 0 Å². The third-order valence-corrected chi connectivity index (χ3v) is 3.21. The summed E-state index contributed by atoms with van der Waals surface area (Å²) in [5.41, 5.74) is 0.630. The standard InChI is InChI=1S/C13H13NO2S/c1-16-14(10-12-8-5-9-17-12)13(15)11-6-3-2-4-7-11/h2-9H,10H2,1H3. The molecule has 0 bridgehead atoms. The van der Waals surface area contributed by atoms with Crippen molar-refractivity contribution in [1.82, 2.24) is 5.06 Å². The van der Waals surface area contributed by atoms with E-state index in [1.165, 1.54) is 12.2 Å². The molecule has 1 amide bonds. The van der Waals surface area contributed by atoms with E-state index in [2.05, 4.69) is 0 Å². The summed E-state index contributed by atoms with van der Waals surface area (Å²) in [6.07, 6.45) is 0. The number of carbonyl (C=O) groups is 1. The number of hydrogen-bond acceptors (Lipinski definition) is 3. The van der Waals surface area contributed by atoms with Gasteiger partial charge in [-0.3, -0.25) is 9.63 Å². The Balaban J connectivity index is 2.11. The number of carbonyl (C=O) groups excluding carboxylic acids is 1. The van der Waals surface area contributed by atoms with Gasteiger partial charge in [0, 0.05) is 10.4 Å². The van der Waals surface area contributed by atoms with Crippen LogP contribution >= 0.6 is 11.3 Å². The van der Waals surface area contributed by atoms with E-state index in [9.17, 15) is 4.79 Å². The molecule has 88 valence electrons. The lowest BCUT2D eigenvalue weighted by atomic mass is 10.2.